The SMILES string of the molecule is CCSCCCn1ccc2c(OC)cccc21. The summed E-state index contributed by atoms with van der Waals surface area (Å²) in [6.45, 7) is 3.30. The summed E-state index contributed by atoms with van der Waals surface area (Å²) in [5.74, 6) is 3.41. The van der Waals surface area contributed by atoms with E-state index in [1.54, 1.807) is 7.11 Å². The van der Waals surface area contributed by atoms with E-state index in [0.29, 0.717) is 0 Å². The number of benzene rings is 1. The molecule has 2 rings (SSSR count). The third-order valence-electron chi connectivity index (χ3n) is 2.89. The van der Waals surface area contributed by atoms with Crippen LogP contribution < -0.4 is 4.74 Å². The lowest BCUT2D eigenvalue weighted by molar-refractivity contribution is 0.420. The molecule has 92 valence electrons. The lowest BCUT2D eigenvalue weighted by Crippen LogP contribution is -1.97. The first-order valence-corrected chi connectivity index (χ1v) is 7.22. The van der Waals surface area contributed by atoms with Gasteiger partial charge in [-0.3, -0.25) is 0 Å². The summed E-state index contributed by atoms with van der Waals surface area (Å²) in [6, 6.07) is 8.37. The van der Waals surface area contributed by atoms with Crippen LogP contribution in [0.5, 0.6) is 5.75 Å². The molecule has 1 heterocycles. The molecule has 0 aliphatic heterocycles. The van der Waals surface area contributed by atoms with Crippen LogP contribution in [0.2, 0.25) is 0 Å². The van der Waals surface area contributed by atoms with Gasteiger partial charge in [-0.1, -0.05) is 13.0 Å². The number of ether oxygens (including phenoxy) is 1. The van der Waals surface area contributed by atoms with Crippen molar-refractivity contribution in [3.05, 3.63) is 30.5 Å². The molecule has 2 nitrogen and oxygen atoms in total. The maximum Gasteiger partial charge on any atom is 0.128 e. The van der Waals surface area contributed by atoms with Gasteiger partial charge in [-0.05, 0) is 36.1 Å². The summed E-state index contributed by atoms with van der Waals surface area (Å²) in [5, 5.41) is 1.21. The first kappa shape index (κ1) is 12.4. The summed E-state index contributed by atoms with van der Waals surface area (Å²) < 4.78 is 7.68. The van der Waals surface area contributed by atoms with Crippen LogP contribution in [0.3, 0.4) is 0 Å². The van der Waals surface area contributed by atoms with Gasteiger partial charge in [0.15, 0.2) is 0 Å². The Morgan fingerprint density at radius 2 is 2.18 bits per heavy atom. The number of nitrogens with zero attached hydrogens (tertiary/aromatic N) is 1. The van der Waals surface area contributed by atoms with E-state index < -0.39 is 0 Å². The molecule has 1 aromatic heterocycles. The zero-order valence-electron chi connectivity index (χ0n) is 10.5. The van der Waals surface area contributed by atoms with Crippen LogP contribution in [0.25, 0.3) is 10.9 Å². The van der Waals surface area contributed by atoms with E-state index in [1.165, 1.54) is 28.8 Å². The molecule has 0 N–H and O–H groups in total. The van der Waals surface area contributed by atoms with Crippen LogP contribution in [0.1, 0.15) is 13.3 Å². The van der Waals surface area contributed by atoms with E-state index in [4.69, 9.17) is 4.74 Å². The standard InChI is InChI=1S/C14H19NOS/c1-3-17-11-5-9-15-10-8-12-13(15)6-4-7-14(12)16-2/h4,6-8,10H,3,5,9,11H2,1-2H3. The molecule has 2 aromatic rings. The zero-order chi connectivity index (χ0) is 12.1. The van der Waals surface area contributed by atoms with Gasteiger partial charge in [0.2, 0.25) is 0 Å². The Morgan fingerprint density at radius 1 is 1.29 bits per heavy atom. The molecular weight excluding hydrogens is 230 g/mol. The van der Waals surface area contributed by atoms with E-state index in [9.17, 15) is 0 Å². The third-order valence-corrected chi connectivity index (χ3v) is 3.87. The number of thioether (sulfide) groups is 1. The van der Waals surface area contributed by atoms with Gasteiger partial charge < -0.3 is 9.30 Å². The minimum atomic E-state index is 0.962. The number of hydrogen-bond donors (Lipinski definition) is 0. The van der Waals surface area contributed by atoms with Crippen molar-refractivity contribution in [1.82, 2.24) is 4.57 Å². The van der Waals surface area contributed by atoms with Crippen LogP contribution in [0.4, 0.5) is 0 Å². The van der Waals surface area contributed by atoms with Crippen molar-refractivity contribution >= 4 is 22.7 Å². The maximum absolute atomic E-state index is 5.37. The minimum Gasteiger partial charge on any atom is -0.496 e. The normalized spacial score (nSPS) is 10.9. The van der Waals surface area contributed by atoms with Gasteiger partial charge in [0.1, 0.15) is 5.75 Å². The van der Waals surface area contributed by atoms with Gasteiger partial charge in [0, 0.05) is 18.1 Å². The van der Waals surface area contributed by atoms with Crippen molar-refractivity contribution in [3.8, 4) is 5.75 Å². The fourth-order valence-electron chi connectivity index (χ4n) is 2.05. The lowest BCUT2D eigenvalue weighted by Gasteiger charge is -2.06. The zero-order valence-corrected chi connectivity index (χ0v) is 11.3. The van der Waals surface area contributed by atoms with Gasteiger partial charge in [0.05, 0.1) is 12.6 Å². The molecule has 0 saturated carbocycles. The number of methoxy groups -OCH3 is 1. The van der Waals surface area contributed by atoms with E-state index in [0.717, 1.165) is 12.3 Å². The predicted octanol–water partition coefficient (Wildman–Crippen LogP) is 3.79. The fraction of sp³-hybridized carbons (Fsp3) is 0.429. The summed E-state index contributed by atoms with van der Waals surface area (Å²) in [5.41, 5.74) is 1.27. The van der Waals surface area contributed by atoms with Gasteiger partial charge in [-0.2, -0.15) is 11.8 Å². The molecule has 0 aliphatic rings. The number of aromatic nitrogens is 1. The molecule has 0 saturated heterocycles. The van der Waals surface area contributed by atoms with Crippen LogP contribution >= 0.6 is 11.8 Å². The average molecular weight is 249 g/mol. The van der Waals surface area contributed by atoms with Crippen molar-refractivity contribution in [2.45, 2.75) is 19.9 Å². The third kappa shape index (κ3) is 2.78. The monoisotopic (exact) mass is 249 g/mol. The Bertz CT molecular complexity index is 478. The van der Waals surface area contributed by atoms with Crippen LogP contribution in [0, 0.1) is 0 Å². The van der Waals surface area contributed by atoms with Crippen molar-refractivity contribution in [1.29, 1.82) is 0 Å². The largest absolute Gasteiger partial charge is 0.496 e. The topological polar surface area (TPSA) is 14.2 Å². The highest BCUT2D eigenvalue weighted by Gasteiger charge is 2.04. The fourth-order valence-corrected chi connectivity index (χ4v) is 2.67. The number of aryl methyl sites for hydroxylation is 1. The second-order valence-corrected chi connectivity index (χ2v) is 5.35. The Morgan fingerprint density at radius 3 is 2.94 bits per heavy atom. The van der Waals surface area contributed by atoms with Gasteiger partial charge in [-0.15, -0.1) is 0 Å². The molecule has 3 heteroatoms. The highest BCUT2D eigenvalue weighted by molar-refractivity contribution is 7.99. The van der Waals surface area contributed by atoms with Crippen LogP contribution in [-0.2, 0) is 6.54 Å². The molecule has 0 amide bonds. The maximum atomic E-state index is 5.37. The minimum absolute atomic E-state index is 0.962. The molecule has 0 atom stereocenters. The molecule has 0 radical (unpaired) electrons. The van der Waals surface area contributed by atoms with E-state index >= 15 is 0 Å². The molecule has 1 aromatic carbocycles. The molecule has 0 spiro atoms. The molecular formula is C14H19NOS. The van der Waals surface area contributed by atoms with Crippen LogP contribution in [-0.4, -0.2) is 23.2 Å². The Kier molecular flexibility index (Phi) is 4.37. The Balaban J connectivity index is 2.13. The summed E-state index contributed by atoms with van der Waals surface area (Å²) in [6.07, 6.45) is 3.38. The first-order valence-electron chi connectivity index (χ1n) is 6.06. The lowest BCUT2D eigenvalue weighted by atomic mass is 10.2. The first-order chi connectivity index (χ1) is 8.36. The van der Waals surface area contributed by atoms with Crippen molar-refractivity contribution in [2.75, 3.05) is 18.6 Å². The van der Waals surface area contributed by atoms with Gasteiger partial charge in [-0.25, -0.2) is 0 Å². The predicted molar refractivity (Wildman–Crippen MR) is 76.1 cm³/mol. The average Bonchev–Trinajstić information content (AvgIpc) is 2.78. The van der Waals surface area contributed by atoms with Crippen molar-refractivity contribution < 1.29 is 4.74 Å². The van der Waals surface area contributed by atoms with E-state index in [-0.39, 0.29) is 0 Å². The highest BCUT2D eigenvalue weighted by Crippen LogP contribution is 2.26. The van der Waals surface area contributed by atoms with Gasteiger partial charge in [0.25, 0.3) is 0 Å². The van der Waals surface area contributed by atoms with E-state index in [2.05, 4.69) is 35.9 Å². The molecule has 0 bridgehead atoms. The van der Waals surface area contributed by atoms with Gasteiger partial charge >= 0.3 is 0 Å². The van der Waals surface area contributed by atoms with Crippen molar-refractivity contribution in [3.63, 3.8) is 0 Å². The summed E-state index contributed by atoms with van der Waals surface area (Å²) in [4.78, 5) is 0. The molecule has 0 fully saturated rings. The number of hydrogen-bond acceptors (Lipinski definition) is 2. The quantitative estimate of drug-likeness (QED) is 0.723. The molecule has 17 heavy (non-hydrogen) atoms. The highest BCUT2D eigenvalue weighted by atomic mass is 32.2. The Labute approximate surface area is 107 Å². The van der Waals surface area contributed by atoms with Crippen LogP contribution in [0.15, 0.2) is 30.5 Å². The molecule has 0 unspecified atom stereocenters. The second kappa shape index (κ2) is 6.01. The summed E-state index contributed by atoms with van der Waals surface area (Å²) in [7, 11) is 1.73. The Hall–Kier alpha value is -1.09. The smallest absolute Gasteiger partial charge is 0.128 e. The second-order valence-electron chi connectivity index (χ2n) is 3.95. The molecule has 0 aliphatic carbocycles. The number of fused-ring (bicyclic) bond motifs is 1. The number of rotatable bonds is 6. The van der Waals surface area contributed by atoms with E-state index in [1.807, 2.05) is 17.8 Å². The summed E-state index contributed by atoms with van der Waals surface area (Å²) >= 11 is 2.00. The van der Waals surface area contributed by atoms with Crippen molar-refractivity contribution in [2.24, 2.45) is 0 Å².